The Morgan fingerprint density at radius 2 is 2.00 bits per heavy atom. The molecule has 0 atom stereocenters. The summed E-state index contributed by atoms with van der Waals surface area (Å²) in [5, 5.41) is 3.47. The molecule has 0 saturated carbocycles. The van der Waals surface area contributed by atoms with Crippen LogP contribution in [0.3, 0.4) is 0 Å². The lowest BCUT2D eigenvalue weighted by Crippen LogP contribution is -2.35. The lowest BCUT2D eigenvalue weighted by Gasteiger charge is -2.21. The zero-order valence-corrected chi connectivity index (χ0v) is 11.2. The van der Waals surface area contributed by atoms with Gasteiger partial charge in [0.25, 0.3) is 0 Å². The van der Waals surface area contributed by atoms with Crippen LogP contribution in [0.1, 0.15) is 39.3 Å². The van der Waals surface area contributed by atoms with Crippen molar-refractivity contribution >= 4 is 5.69 Å². The normalized spacial score (nSPS) is 16.5. The van der Waals surface area contributed by atoms with E-state index < -0.39 is 0 Å². The van der Waals surface area contributed by atoms with Gasteiger partial charge in [-0.15, -0.1) is 0 Å². The van der Waals surface area contributed by atoms with Crippen LogP contribution in [-0.4, -0.2) is 23.6 Å². The molecular weight excluding hydrogens is 210 g/mol. The Kier molecular flexibility index (Phi) is 3.67. The number of aromatic nitrogens is 1. The van der Waals surface area contributed by atoms with Crippen LogP contribution in [0.4, 0.5) is 5.69 Å². The Bertz CT molecular complexity index is 362. The van der Waals surface area contributed by atoms with E-state index in [-0.39, 0.29) is 5.54 Å². The molecule has 17 heavy (non-hydrogen) atoms. The summed E-state index contributed by atoms with van der Waals surface area (Å²) < 4.78 is 0. The Hall–Kier alpha value is -1.09. The quantitative estimate of drug-likeness (QED) is 0.869. The Balaban J connectivity index is 2.01. The van der Waals surface area contributed by atoms with Gasteiger partial charge >= 0.3 is 0 Å². The molecule has 0 unspecified atom stereocenters. The Morgan fingerprint density at radius 3 is 2.65 bits per heavy atom. The van der Waals surface area contributed by atoms with Crippen molar-refractivity contribution in [2.75, 3.05) is 18.0 Å². The number of rotatable bonds is 3. The van der Waals surface area contributed by atoms with Gasteiger partial charge in [0.1, 0.15) is 0 Å². The molecule has 2 heterocycles. The molecule has 0 radical (unpaired) electrons. The van der Waals surface area contributed by atoms with Crippen LogP contribution >= 0.6 is 0 Å². The number of nitrogens with zero attached hydrogens (tertiary/aromatic N) is 2. The largest absolute Gasteiger partial charge is 0.371 e. The summed E-state index contributed by atoms with van der Waals surface area (Å²) >= 11 is 0. The number of hydrogen-bond acceptors (Lipinski definition) is 3. The fourth-order valence-electron chi connectivity index (χ4n) is 2.09. The predicted molar refractivity (Wildman–Crippen MR) is 72.3 cm³/mol. The van der Waals surface area contributed by atoms with E-state index in [0.717, 1.165) is 12.2 Å². The van der Waals surface area contributed by atoms with Crippen molar-refractivity contribution in [2.45, 2.75) is 45.7 Å². The molecule has 1 fully saturated rings. The molecule has 0 aromatic carbocycles. The average Bonchev–Trinajstić information content (AvgIpc) is 2.79. The molecule has 1 N–H and O–H groups in total. The molecule has 3 heteroatoms. The minimum Gasteiger partial charge on any atom is -0.371 e. The van der Waals surface area contributed by atoms with Gasteiger partial charge in [-0.05, 0) is 45.7 Å². The number of nitrogens with one attached hydrogen (secondary N) is 1. The topological polar surface area (TPSA) is 28.2 Å². The molecule has 1 saturated heterocycles. The van der Waals surface area contributed by atoms with Crippen LogP contribution in [0.25, 0.3) is 0 Å². The summed E-state index contributed by atoms with van der Waals surface area (Å²) in [6.07, 6.45) is 4.56. The van der Waals surface area contributed by atoms with Gasteiger partial charge in [0.15, 0.2) is 0 Å². The molecule has 1 aliphatic heterocycles. The maximum Gasteiger partial charge on any atom is 0.0562 e. The number of pyridine rings is 1. The lowest BCUT2D eigenvalue weighted by molar-refractivity contribution is 0.421. The summed E-state index contributed by atoms with van der Waals surface area (Å²) in [6, 6.07) is 4.33. The molecule has 2 rings (SSSR count). The van der Waals surface area contributed by atoms with Gasteiger partial charge in [0, 0.05) is 37.1 Å². The van der Waals surface area contributed by atoms with Gasteiger partial charge in [-0.2, -0.15) is 0 Å². The van der Waals surface area contributed by atoms with Gasteiger partial charge in [0.2, 0.25) is 0 Å². The molecule has 0 amide bonds. The molecule has 1 aromatic heterocycles. The third-order valence-corrected chi connectivity index (χ3v) is 3.07. The molecule has 0 spiro atoms. The van der Waals surface area contributed by atoms with Crippen molar-refractivity contribution in [2.24, 2.45) is 0 Å². The van der Waals surface area contributed by atoms with Crippen LogP contribution in [0.2, 0.25) is 0 Å². The SMILES string of the molecule is CC(C)(C)NCc1cc(N2CCCC2)ccn1. The van der Waals surface area contributed by atoms with E-state index in [0.29, 0.717) is 0 Å². The minimum atomic E-state index is 0.144. The molecular formula is C14H23N3. The predicted octanol–water partition coefficient (Wildman–Crippen LogP) is 2.57. The van der Waals surface area contributed by atoms with Gasteiger partial charge < -0.3 is 10.2 Å². The first-order chi connectivity index (χ1) is 8.04. The zero-order valence-electron chi connectivity index (χ0n) is 11.2. The fraction of sp³-hybridized carbons (Fsp3) is 0.643. The molecule has 3 nitrogen and oxygen atoms in total. The average molecular weight is 233 g/mol. The summed E-state index contributed by atoms with van der Waals surface area (Å²) in [5.41, 5.74) is 2.60. The summed E-state index contributed by atoms with van der Waals surface area (Å²) in [7, 11) is 0. The van der Waals surface area contributed by atoms with Crippen molar-refractivity contribution in [3.8, 4) is 0 Å². The van der Waals surface area contributed by atoms with E-state index in [4.69, 9.17) is 0 Å². The maximum atomic E-state index is 4.42. The van der Waals surface area contributed by atoms with Crippen LogP contribution in [0.5, 0.6) is 0 Å². The van der Waals surface area contributed by atoms with Crippen LogP contribution in [0.15, 0.2) is 18.3 Å². The molecule has 1 aliphatic rings. The van der Waals surface area contributed by atoms with E-state index >= 15 is 0 Å². The van der Waals surface area contributed by atoms with Gasteiger partial charge in [-0.25, -0.2) is 0 Å². The minimum absolute atomic E-state index is 0.144. The van der Waals surface area contributed by atoms with Gasteiger partial charge in [-0.3, -0.25) is 4.98 Å². The second-order valence-electron chi connectivity index (χ2n) is 5.80. The maximum absolute atomic E-state index is 4.42. The van der Waals surface area contributed by atoms with Crippen molar-refractivity contribution in [1.82, 2.24) is 10.3 Å². The zero-order chi connectivity index (χ0) is 12.3. The Morgan fingerprint density at radius 1 is 1.29 bits per heavy atom. The summed E-state index contributed by atoms with van der Waals surface area (Å²) in [6.45, 7) is 9.75. The first-order valence-corrected chi connectivity index (χ1v) is 6.49. The van der Waals surface area contributed by atoms with Crippen LogP contribution in [0, 0.1) is 0 Å². The molecule has 94 valence electrons. The van der Waals surface area contributed by atoms with Crippen molar-refractivity contribution in [1.29, 1.82) is 0 Å². The second kappa shape index (κ2) is 5.05. The summed E-state index contributed by atoms with van der Waals surface area (Å²) in [4.78, 5) is 6.87. The van der Waals surface area contributed by atoms with E-state index in [2.05, 4.69) is 48.1 Å². The van der Waals surface area contributed by atoms with Gasteiger partial charge in [-0.1, -0.05) is 0 Å². The number of hydrogen-bond donors (Lipinski definition) is 1. The Labute approximate surface area is 104 Å². The van der Waals surface area contributed by atoms with Crippen molar-refractivity contribution < 1.29 is 0 Å². The highest BCUT2D eigenvalue weighted by Gasteiger charge is 2.13. The highest BCUT2D eigenvalue weighted by Crippen LogP contribution is 2.20. The number of anilines is 1. The fourth-order valence-corrected chi connectivity index (χ4v) is 2.09. The van der Waals surface area contributed by atoms with Crippen molar-refractivity contribution in [3.63, 3.8) is 0 Å². The van der Waals surface area contributed by atoms with Gasteiger partial charge in [0.05, 0.1) is 5.69 Å². The standard InChI is InChI=1S/C14H23N3/c1-14(2,3)16-11-12-10-13(6-7-15-12)17-8-4-5-9-17/h6-7,10,16H,4-5,8-9,11H2,1-3H3. The van der Waals surface area contributed by atoms with Crippen molar-refractivity contribution in [3.05, 3.63) is 24.0 Å². The molecule has 1 aromatic rings. The first kappa shape index (κ1) is 12.4. The molecule has 0 aliphatic carbocycles. The van der Waals surface area contributed by atoms with E-state index in [1.54, 1.807) is 0 Å². The van der Waals surface area contributed by atoms with E-state index in [1.165, 1.54) is 31.6 Å². The van der Waals surface area contributed by atoms with E-state index in [9.17, 15) is 0 Å². The van der Waals surface area contributed by atoms with Crippen LogP contribution in [-0.2, 0) is 6.54 Å². The third-order valence-electron chi connectivity index (χ3n) is 3.07. The second-order valence-corrected chi connectivity index (χ2v) is 5.80. The molecule has 0 bridgehead atoms. The smallest absolute Gasteiger partial charge is 0.0562 e. The van der Waals surface area contributed by atoms with E-state index in [1.807, 2.05) is 6.20 Å². The third kappa shape index (κ3) is 3.70. The highest BCUT2D eigenvalue weighted by molar-refractivity contribution is 5.47. The first-order valence-electron chi connectivity index (χ1n) is 6.49. The van der Waals surface area contributed by atoms with Crippen LogP contribution < -0.4 is 10.2 Å². The highest BCUT2D eigenvalue weighted by atomic mass is 15.1. The summed E-state index contributed by atoms with van der Waals surface area (Å²) in [5.74, 6) is 0. The monoisotopic (exact) mass is 233 g/mol. The lowest BCUT2D eigenvalue weighted by atomic mass is 10.1.